The summed E-state index contributed by atoms with van der Waals surface area (Å²) in [6.07, 6.45) is 0. The second kappa shape index (κ2) is 6.89. The molecule has 0 spiro atoms. The van der Waals surface area contributed by atoms with E-state index in [9.17, 15) is 9.59 Å². The summed E-state index contributed by atoms with van der Waals surface area (Å²) >= 11 is 0. The van der Waals surface area contributed by atoms with Crippen molar-refractivity contribution in [1.82, 2.24) is 10.1 Å². The van der Waals surface area contributed by atoms with Crippen LogP contribution < -0.4 is 0 Å². The van der Waals surface area contributed by atoms with Gasteiger partial charge >= 0.3 is 5.97 Å². The van der Waals surface area contributed by atoms with Crippen LogP contribution in [0.4, 0.5) is 0 Å². The molecule has 0 aliphatic carbocycles. The molecule has 6 nitrogen and oxygen atoms in total. The molecule has 1 aromatic carbocycles. The highest BCUT2D eigenvalue weighted by Crippen LogP contribution is 2.20. The fourth-order valence-electron chi connectivity index (χ4n) is 1.96. The van der Waals surface area contributed by atoms with Gasteiger partial charge in [-0.1, -0.05) is 35.5 Å². The molecule has 0 saturated heterocycles. The van der Waals surface area contributed by atoms with Crippen molar-refractivity contribution in [2.75, 3.05) is 13.7 Å². The molecule has 0 aliphatic heterocycles. The lowest BCUT2D eigenvalue weighted by atomic mass is 10.1. The summed E-state index contributed by atoms with van der Waals surface area (Å²) < 4.78 is 9.75. The Morgan fingerprint density at radius 1 is 1.27 bits per heavy atom. The molecule has 0 fully saturated rings. The molecule has 116 valence electrons. The number of aromatic nitrogens is 1. The van der Waals surface area contributed by atoms with Crippen LogP contribution in [0.25, 0.3) is 11.3 Å². The van der Waals surface area contributed by atoms with Crippen molar-refractivity contribution < 1.29 is 18.8 Å². The second-order valence-corrected chi connectivity index (χ2v) is 5.05. The van der Waals surface area contributed by atoms with Gasteiger partial charge in [-0.25, -0.2) is 0 Å². The molecule has 2 aromatic rings. The minimum atomic E-state index is -0.482. The number of ether oxygens (including phenoxy) is 1. The van der Waals surface area contributed by atoms with E-state index < -0.39 is 11.9 Å². The van der Waals surface area contributed by atoms with Gasteiger partial charge in [-0.3, -0.25) is 9.59 Å². The zero-order chi connectivity index (χ0) is 16.1. The Morgan fingerprint density at radius 2 is 1.95 bits per heavy atom. The topological polar surface area (TPSA) is 72.6 Å². The van der Waals surface area contributed by atoms with Crippen LogP contribution in [-0.2, 0) is 9.53 Å². The molecule has 0 aliphatic rings. The number of benzene rings is 1. The Morgan fingerprint density at radius 3 is 2.55 bits per heavy atom. The molecule has 6 heteroatoms. The number of hydrogen-bond donors (Lipinski definition) is 0. The quantitative estimate of drug-likeness (QED) is 0.793. The average molecular weight is 302 g/mol. The van der Waals surface area contributed by atoms with Gasteiger partial charge in [0.25, 0.3) is 5.91 Å². The maximum absolute atomic E-state index is 12.5. The van der Waals surface area contributed by atoms with E-state index in [4.69, 9.17) is 4.52 Å². The van der Waals surface area contributed by atoms with Crippen molar-refractivity contribution in [2.45, 2.75) is 19.9 Å². The standard InChI is InChI=1S/C16H18N2O4/c1-11(2)18(10-15(19)21-3)16(20)14-9-13(17-22-14)12-7-5-4-6-8-12/h4-9,11H,10H2,1-3H3. The van der Waals surface area contributed by atoms with Gasteiger partial charge in [0, 0.05) is 17.7 Å². The molecule has 0 unspecified atom stereocenters. The predicted octanol–water partition coefficient (Wildman–Crippen LogP) is 2.37. The highest BCUT2D eigenvalue weighted by atomic mass is 16.5. The largest absolute Gasteiger partial charge is 0.468 e. The third kappa shape index (κ3) is 3.52. The monoisotopic (exact) mass is 302 g/mol. The van der Waals surface area contributed by atoms with E-state index in [2.05, 4.69) is 9.89 Å². The van der Waals surface area contributed by atoms with E-state index in [1.54, 1.807) is 6.07 Å². The van der Waals surface area contributed by atoms with E-state index in [0.29, 0.717) is 5.69 Å². The van der Waals surface area contributed by atoms with E-state index in [1.807, 2.05) is 44.2 Å². The van der Waals surface area contributed by atoms with Crippen LogP contribution in [0.15, 0.2) is 40.9 Å². The Hall–Kier alpha value is -2.63. The van der Waals surface area contributed by atoms with Crippen LogP contribution in [0, 0.1) is 0 Å². The van der Waals surface area contributed by atoms with Crippen LogP contribution in [-0.4, -0.2) is 41.6 Å². The van der Waals surface area contributed by atoms with Crippen molar-refractivity contribution in [2.24, 2.45) is 0 Å². The van der Waals surface area contributed by atoms with Gasteiger partial charge in [-0.05, 0) is 13.8 Å². The van der Waals surface area contributed by atoms with Gasteiger partial charge in [0.2, 0.25) is 5.76 Å². The van der Waals surface area contributed by atoms with Gasteiger partial charge in [0.1, 0.15) is 12.2 Å². The fraction of sp³-hybridized carbons (Fsp3) is 0.312. The van der Waals surface area contributed by atoms with Crippen molar-refractivity contribution in [3.05, 3.63) is 42.2 Å². The molecule has 22 heavy (non-hydrogen) atoms. The van der Waals surface area contributed by atoms with E-state index in [0.717, 1.165) is 5.56 Å². The van der Waals surface area contributed by atoms with Gasteiger partial charge in [-0.15, -0.1) is 0 Å². The molecule has 0 saturated carbocycles. The lowest BCUT2D eigenvalue weighted by molar-refractivity contribution is -0.141. The molecular formula is C16H18N2O4. The molecule has 1 amide bonds. The smallest absolute Gasteiger partial charge is 0.325 e. The molecule has 0 N–H and O–H groups in total. The molecular weight excluding hydrogens is 284 g/mol. The summed E-state index contributed by atoms with van der Waals surface area (Å²) in [6.45, 7) is 3.50. The molecule has 1 heterocycles. The van der Waals surface area contributed by atoms with E-state index in [1.165, 1.54) is 12.0 Å². The maximum atomic E-state index is 12.5. The summed E-state index contributed by atoms with van der Waals surface area (Å²) in [6, 6.07) is 10.8. The maximum Gasteiger partial charge on any atom is 0.325 e. The van der Waals surface area contributed by atoms with Crippen LogP contribution >= 0.6 is 0 Å². The second-order valence-electron chi connectivity index (χ2n) is 5.05. The Labute approximate surface area is 128 Å². The lowest BCUT2D eigenvalue weighted by Crippen LogP contribution is -2.40. The number of rotatable bonds is 5. The number of hydrogen-bond acceptors (Lipinski definition) is 5. The highest BCUT2D eigenvalue weighted by molar-refractivity contribution is 5.94. The summed E-state index contributed by atoms with van der Waals surface area (Å²) in [7, 11) is 1.28. The van der Waals surface area contributed by atoms with Gasteiger partial charge in [0.05, 0.1) is 7.11 Å². The summed E-state index contributed by atoms with van der Waals surface area (Å²) in [5, 5.41) is 3.91. The Bertz CT molecular complexity index is 649. The normalized spacial score (nSPS) is 10.5. The van der Waals surface area contributed by atoms with Crippen molar-refractivity contribution >= 4 is 11.9 Å². The third-order valence-electron chi connectivity index (χ3n) is 3.20. The number of carbonyl (C=O) groups excluding carboxylic acids is 2. The molecule has 0 atom stereocenters. The Kier molecular flexibility index (Phi) is 4.93. The van der Waals surface area contributed by atoms with E-state index >= 15 is 0 Å². The van der Waals surface area contributed by atoms with Crippen LogP contribution in [0.2, 0.25) is 0 Å². The minimum Gasteiger partial charge on any atom is -0.468 e. The average Bonchev–Trinajstić information content (AvgIpc) is 3.02. The first-order valence-electron chi connectivity index (χ1n) is 6.93. The van der Waals surface area contributed by atoms with Crippen LogP contribution in [0.3, 0.4) is 0 Å². The zero-order valence-electron chi connectivity index (χ0n) is 12.8. The van der Waals surface area contributed by atoms with Gasteiger partial charge in [0.15, 0.2) is 0 Å². The number of carbonyl (C=O) groups is 2. The van der Waals surface area contributed by atoms with Crippen LogP contribution in [0.5, 0.6) is 0 Å². The molecule has 0 bridgehead atoms. The molecule has 2 rings (SSSR count). The first-order chi connectivity index (χ1) is 10.5. The number of nitrogens with zero attached hydrogens (tertiary/aromatic N) is 2. The predicted molar refractivity (Wildman–Crippen MR) is 80.1 cm³/mol. The van der Waals surface area contributed by atoms with E-state index in [-0.39, 0.29) is 18.3 Å². The molecule has 1 aromatic heterocycles. The van der Waals surface area contributed by atoms with Crippen LogP contribution in [0.1, 0.15) is 24.4 Å². The minimum absolute atomic E-state index is 0.0939. The zero-order valence-corrected chi connectivity index (χ0v) is 12.8. The summed E-state index contributed by atoms with van der Waals surface area (Å²) in [5.74, 6) is -0.781. The number of esters is 1. The lowest BCUT2D eigenvalue weighted by Gasteiger charge is -2.23. The van der Waals surface area contributed by atoms with Gasteiger partial charge < -0.3 is 14.2 Å². The highest BCUT2D eigenvalue weighted by Gasteiger charge is 2.25. The van der Waals surface area contributed by atoms with Crippen molar-refractivity contribution in [3.8, 4) is 11.3 Å². The number of amides is 1. The van der Waals surface area contributed by atoms with Gasteiger partial charge in [-0.2, -0.15) is 0 Å². The summed E-state index contributed by atoms with van der Waals surface area (Å²) in [5.41, 5.74) is 1.43. The van der Waals surface area contributed by atoms with Crippen molar-refractivity contribution in [1.29, 1.82) is 0 Å². The third-order valence-corrected chi connectivity index (χ3v) is 3.20. The first kappa shape index (κ1) is 15.8. The number of methoxy groups -OCH3 is 1. The van der Waals surface area contributed by atoms with Crippen molar-refractivity contribution in [3.63, 3.8) is 0 Å². The fourth-order valence-corrected chi connectivity index (χ4v) is 1.96. The first-order valence-corrected chi connectivity index (χ1v) is 6.93. The summed E-state index contributed by atoms with van der Waals surface area (Å²) in [4.78, 5) is 25.3. The molecule has 0 radical (unpaired) electrons. The Balaban J connectivity index is 2.21. The SMILES string of the molecule is COC(=O)CN(C(=O)c1cc(-c2ccccc2)no1)C(C)C.